The highest BCUT2D eigenvalue weighted by molar-refractivity contribution is 6.34. The first-order chi connectivity index (χ1) is 10.1. The number of amides is 1. The Morgan fingerprint density at radius 3 is 2.33 bits per heavy atom. The summed E-state index contributed by atoms with van der Waals surface area (Å²) in [6, 6.07) is 5.39. The summed E-state index contributed by atoms with van der Waals surface area (Å²) < 4.78 is 0. The highest BCUT2D eigenvalue weighted by Gasteiger charge is 2.05. The van der Waals surface area contributed by atoms with Crippen LogP contribution >= 0.6 is 23.2 Å². The van der Waals surface area contributed by atoms with Crippen molar-refractivity contribution < 1.29 is 4.79 Å². The minimum Gasteiger partial charge on any atom is -0.354 e. The van der Waals surface area contributed by atoms with Crippen LogP contribution < -0.4 is 16.6 Å². The topological polar surface area (TPSA) is 92.9 Å². The van der Waals surface area contributed by atoms with Crippen molar-refractivity contribution in [3.8, 4) is 0 Å². The van der Waals surface area contributed by atoms with E-state index in [9.17, 15) is 4.79 Å². The van der Waals surface area contributed by atoms with E-state index in [2.05, 4.69) is 15.3 Å². The van der Waals surface area contributed by atoms with Crippen molar-refractivity contribution in [3.05, 3.63) is 51.8 Å². The van der Waals surface area contributed by atoms with Gasteiger partial charge in [-0.2, -0.15) is 0 Å². The summed E-state index contributed by atoms with van der Waals surface area (Å²) in [7, 11) is 0. The Bertz CT molecular complexity index is 613. The van der Waals surface area contributed by atoms with Crippen LogP contribution in [0.1, 0.15) is 15.9 Å². The number of hydrazine groups is 1. The van der Waals surface area contributed by atoms with Gasteiger partial charge in [-0.15, -0.1) is 0 Å². The minimum atomic E-state index is -0.435. The van der Waals surface area contributed by atoms with E-state index in [4.69, 9.17) is 29.0 Å². The molecule has 0 radical (unpaired) electrons. The summed E-state index contributed by atoms with van der Waals surface area (Å²) in [5.74, 6) is 5.01. The van der Waals surface area contributed by atoms with Crippen LogP contribution in [0.25, 0.3) is 0 Å². The lowest BCUT2D eigenvalue weighted by Crippen LogP contribution is -2.30. The molecule has 8 heteroatoms. The maximum atomic E-state index is 11.2. The zero-order valence-corrected chi connectivity index (χ0v) is 12.4. The van der Waals surface area contributed by atoms with Crippen LogP contribution in [-0.2, 0) is 6.42 Å². The Morgan fingerprint density at radius 1 is 1.14 bits per heavy atom. The first-order valence-corrected chi connectivity index (χ1v) is 6.86. The number of nitrogens with two attached hydrogens (primary N) is 1. The molecular formula is C13H13Cl2N5O. The smallest absolute Gasteiger partial charge is 0.268 e. The number of anilines is 1. The number of hydrogen-bond donors (Lipinski definition) is 3. The van der Waals surface area contributed by atoms with E-state index >= 15 is 0 Å². The van der Waals surface area contributed by atoms with Crippen molar-refractivity contribution in [2.45, 2.75) is 6.42 Å². The molecule has 110 valence electrons. The number of hydrogen-bond acceptors (Lipinski definition) is 5. The van der Waals surface area contributed by atoms with Gasteiger partial charge in [-0.05, 0) is 30.2 Å². The molecule has 0 saturated carbocycles. The zero-order valence-electron chi connectivity index (χ0n) is 10.9. The summed E-state index contributed by atoms with van der Waals surface area (Å²) >= 11 is 11.9. The third-order valence-electron chi connectivity index (χ3n) is 2.66. The molecule has 1 aromatic carbocycles. The summed E-state index contributed by atoms with van der Waals surface area (Å²) in [6.07, 6.45) is 3.51. The van der Waals surface area contributed by atoms with Gasteiger partial charge in [-0.1, -0.05) is 23.2 Å². The second kappa shape index (κ2) is 7.21. The number of halogens is 2. The van der Waals surface area contributed by atoms with Crippen LogP contribution in [0.2, 0.25) is 10.0 Å². The standard InChI is InChI=1S/C13H13Cl2N5O/c14-10-3-8(4-11(15)5-10)1-2-17-13-18-6-9(7-19-13)12(21)20-16/h3-7H,1-2,16H2,(H,20,21)(H,17,18,19). The van der Waals surface area contributed by atoms with Gasteiger partial charge in [-0.3, -0.25) is 10.2 Å². The van der Waals surface area contributed by atoms with Crippen molar-refractivity contribution >= 4 is 35.1 Å². The molecule has 0 atom stereocenters. The third-order valence-corrected chi connectivity index (χ3v) is 3.10. The van der Waals surface area contributed by atoms with Crippen LogP contribution in [0.15, 0.2) is 30.6 Å². The molecular weight excluding hydrogens is 313 g/mol. The molecule has 1 amide bonds. The van der Waals surface area contributed by atoms with Gasteiger partial charge in [-0.25, -0.2) is 15.8 Å². The fourth-order valence-electron chi connectivity index (χ4n) is 1.69. The Labute approximate surface area is 131 Å². The van der Waals surface area contributed by atoms with Crippen LogP contribution in [0.4, 0.5) is 5.95 Å². The number of aromatic nitrogens is 2. The first kappa shape index (κ1) is 15.5. The zero-order chi connectivity index (χ0) is 15.2. The largest absolute Gasteiger partial charge is 0.354 e. The maximum absolute atomic E-state index is 11.2. The van der Waals surface area contributed by atoms with Crippen LogP contribution in [0.3, 0.4) is 0 Å². The molecule has 0 bridgehead atoms. The van der Waals surface area contributed by atoms with Gasteiger partial charge >= 0.3 is 0 Å². The Morgan fingerprint density at radius 2 is 1.76 bits per heavy atom. The third kappa shape index (κ3) is 4.56. The van der Waals surface area contributed by atoms with Gasteiger partial charge < -0.3 is 5.32 Å². The van der Waals surface area contributed by atoms with E-state index in [-0.39, 0.29) is 0 Å². The van der Waals surface area contributed by atoms with E-state index in [0.29, 0.717) is 34.5 Å². The van der Waals surface area contributed by atoms with Gasteiger partial charge in [0, 0.05) is 29.0 Å². The van der Waals surface area contributed by atoms with Crippen LogP contribution in [0, 0.1) is 0 Å². The minimum absolute atomic E-state index is 0.296. The van der Waals surface area contributed by atoms with Crippen molar-refractivity contribution in [1.82, 2.24) is 15.4 Å². The molecule has 0 spiro atoms. The van der Waals surface area contributed by atoms with Gasteiger partial charge in [0.15, 0.2) is 0 Å². The molecule has 2 aromatic rings. The maximum Gasteiger partial charge on any atom is 0.268 e. The Balaban J connectivity index is 1.90. The number of carbonyl (C=O) groups excluding carboxylic acids is 1. The molecule has 1 heterocycles. The second-order valence-electron chi connectivity index (χ2n) is 4.22. The summed E-state index contributed by atoms with van der Waals surface area (Å²) in [5, 5.41) is 4.25. The normalized spacial score (nSPS) is 10.2. The lowest BCUT2D eigenvalue weighted by Gasteiger charge is -2.06. The van der Waals surface area contributed by atoms with Crippen molar-refractivity contribution in [2.24, 2.45) is 5.84 Å². The lowest BCUT2D eigenvalue weighted by atomic mass is 10.1. The molecule has 0 aliphatic rings. The number of carbonyl (C=O) groups is 1. The molecule has 0 aliphatic carbocycles. The predicted octanol–water partition coefficient (Wildman–Crippen LogP) is 2.04. The SMILES string of the molecule is NNC(=O)c1cnc(NCCc2cc(Cl)cc(Cl)c2)nc1. The average Bonchev–Trinajstić information content (AvgIpc) is 2.46. The van der Waals surface area contributed by atoms with E-state index < -0.39 is 5.91 Å². The number of nitrogen functional groups attached to an aromatic ring is 1. The van der Waals surface area contributed by atoms with Crippen molar-refractivity contribution in [3.63, 3.8) is 0 Å². The Hall–Kier alpha value is -1.89. The molecule has 2 rings (SSSR count). The molecule has 1 aromatic heterocycles. The number of nitrogens with zero attached hydrogens (tertiary/aromatic N) is 2. The highest BCUT2D eigenvalue weighted by Crippen LogP contribution is 2.19. The average molecular weight is 326 g/mol. The molecule has 0 fully saturated rings. The summed E-state index contributed by atoms with van der Waals surface area (Å²) in [6.45, 7) is 0.610. The van der Waals surface area contributed by atoms with Crippen LogP contribution in [0.5, 0.6) is 0 Å². The Kier molecular flexibility index (Phi) is 5.32. The summed E-state index contributed by atoms with van der Waals surface area (Å²) in [5.41, 5.74) is 3.32. The number of nitrogens with one attached hydrogen (secondary N) is 2. The van der Waals surface area contributed by atoms with E-state index in [0.717, 1.165) is 5.56 Å². The molecule has 0 aliphatic heterocycles. The fraction of sp³-hybridized carbons (Fsp3) is 0.154. The molecule has 0 saturated heterocycles. The van der Waals surface area contributed by atoms with E-state index in [1.54, 1.807) is 6.07 Å². The van der Waals surface area contributed by atoms with Crippen molar-refractivity contribution in [2.75, 3.05) is 11.9 Å². The number of rotatable bonds is 5. The monoisotopic (exact) mass is 325 g/mol. The molecule has 4 N–H and O–H groups in total. The molecule has 6 nitrogen and oxygen atoms in total. The predicted molar refractivity (Wildman–Crippen MR) is 82.3 cm³/mol. The van der Waals surface area contributed by atoms with Gasteiger partial charge in [0.1, 0.15) is 0 Å². The van der Waals surface area contributed by atoms with Crippen LogP contribution in [-0.4, -0.2) is 22.4 Å². The first-order valence-electron chi connectivity index (χ1n) is 6.10. The summed E-state index contributed by atoms with van der Waals surface area (Å²) in [4.78, 5) is 19.3. The lowest BCUT2D eigenvalue weighted by molar-refractivity contribution is 0.0953. The highest BCUT2D eigenvalue weighted by atomic mass is 35.5. The van der Waals surface area contributed by atoms with E-state index in [1.807, 2.05) is 17.6 Å². The van der Waals surface area contributed by atoms with Gasteiger partial charge in [0.25, 0.3) is 5.91 Å². The molecule has 0 unspecified atom stereocenters. The van der Waals surface area contributed by atoms with Crippen molar-refractivity contribution in [1.29, 1.82) is 0 Å². The molecule has 21 heavy (non-hydrogen) atoms. The fourth-order valence-corrected chi connectivity index (χ4v) is 2.27. The van der Waals surface area contributed by atoms with Gasteiger partial charge in [0.05, 0.1) is 5.56 Å². The van der Waals surface area contributed by atoms with E-state index in [1.165, 1.54) is 12.4 Å². The quantitative estimate of drug-likeness (QED) is 0.444. The number of benzene rings is 1. The van der Waals surface area contributed by atoms with Gasteiger partial charge in [0.2, 0.25) is 5.95 Å². The second-order valence-corrected chi connectivity index (χ2v) is 5.10.